The fourth-order valence-corrected chi connectivity index (χ4v) is 3.06. The topological polar surface area (TPSA) is 88.8 Å². The lowest BCUT2D eigenvalue weighted by Gasteiger charge is -2.21. The first-order chi connectivity index (χ1) is 10.8. The average molecular weight is 339 g/mol. The molecule has 0 aliphatic rings. The molecule has 0 aliphatic heterocycles. The maximum Gasteiger partial charge on any atom is 0.240 e. The van der Waals surface area contributed by atoms with Crippen LogP contribution in [0.3, 0.4) is 0 Å². The van der Waals surface area contributed by atoms with E-state index in [0.717, 1.165) is 6.42 Å². The second-order valence-corrected chi connectivity index (χ2v) is 7.16. The largest absolute Gasteiger partial charge is 0.494 e. The molecular formula is C16H21NO5S. The van der Waals surface area contributed by atoms with E-state index in [4.69, 9.17) is 9.15 Å². The normalized spacial score (nSPS) is 14.4. The van der Waals surface area contributed by atoms with Gasteiger partial charge in [0.25, 0.3) is 0 Å². The van der Waals surface area contributed by atoms with E-state index in [1.807, 2.05) is 6.92 Å². The summed E-state index contributed by atoms with van der Waals surface area (Å²) in [5.74, 6) is 0.914. The minimum Gasteiger partial charge on any atom is -0.494 e. The SMILES string of the molecule is CCCOc1ccc(S(=O)(=O)NCC(C)(O)c2ccco2)cc1. The van der Waals surface area contributed by atoms with Gasteiger partial charge in [-0.05, 0) is 49.7 Å². The zero-order valence-corrected chi connectivity index (χ0v) is 14.0. The Hall–Kier alpha value is -1.83. The maximum atomic E-state index is 12.3. The predicted octanol–water partition coefficient (Wildman–Crippen LogP) is 2.25. The molecule has 126 valence electrons. The van der Waals surface area contributed by atoms with Gasteiger partial charge in [0, 0.05) is 6.54 Å². The Labute approximate surface area is 136 Å². The molecule has 1 aromatic heterocycles. The smallest absolute Gasteiger partial charge is 0.240 e. The van der Waals surface area contributed by atoms with Crippen LogP contribution < -0.4 is 9.46 Å². The van der Waals surface area contributed by atoms with Crippen LogP contribution >= 0.6 is 0 Å². The third kappa shape index (κ3) is 4.57. The van der Waals surface area contributed by atoms with Crippen molar-refractivity contribution in [2.75, 3.05) is 13.2 Å². The summed E-state index contributed by atoms with van der Waals surface area (Å²) in [6.45, 7) is 3.86. The molecule has 0 fully saturated rings. The molecule has 0 aliphatic carbocycles. The highest BCUT2D eigenvalue weighted by Gasteiger charge is 2.28. The molecule has 2 rings (SSSR count). The molecule has 1 aromatic carbocycles. The molecule has 1 unspecified atom stereocenters. The highest BCUT2D eigenvalue weighted by Crippen LogP contribution is 2.21. The van der Waals surface area contributed by atoms with Crippen LogP contribution in [0.1, 0.15) is 26.0 Å². The Bertz CT molecular complexity index is 705. The first-order valence-electron chi connectivity index (χ1n) is 7.34. The monoisotopic (exact) mass is 339 g/mol. The van der Waals surface area contributed by atoms with Crippen molar-refractivity contribution in [2.45, 2.75) is 30.8 Å². The first kappa shape index (κ1) is 17.5. The zero-order chi connectivity index (χ0) is 16.9. The molecule has 0 saturated carbocycles. The van der Waals surface area contributed by atoms with Gasteiger partial charge in [0.15, 0.2) is 0 Å². The van der Waals surface area contributed by atoms with Crippen LogP contribution in [0.15, 0.2) is 52.0 Å². The van der Waals surface area contributed by atoms with Crippen molar-refractivity contribution in [3.8, 4) is 5.75 Å². The standard InChI is InChI=1S/C16H21NO5S/c1-3-10-21-13-6-8-14(9-7-13)23(19,20)17-12-16(2,18)15-5-4-11-22-15/h4-9,11,17-18H,3,10,12H2,1-2H3. The first-order valence-corrected chi connectivity index (χ1v) is 8.82. The summed E-state index contributed by atoms with van der Waals surface area (Å²) in [5, 5.41) is 10.3. The van der Waals surface area contributed by atoms with Gasteiger partial charge >= 0.3 is 0 Å². The van der Waals surface area contributed by atoms with Crippen LogP contribution in [0, 0.1) is 0 Å². The Kier molecular flexibility index (Phi) is 5.46. The van der Waals surface area contributed by atoms with Crippen LogP contribution in [0.4, 0.5) is 0 Å². The van der Waals surface area contributed by atoms with Crippen molar-refractivity contribution in [3.05, 3.63) is 48.4 Å². The van der Waals surface area contributed by atoms with Crippen LogP contribution in [0.2, 0.25) is 0 Å². The van der Waals surface area contributed by atoms with Crippen molar-refractivity contribution in [1.82, 2.24) is 4.72 Å². The molecule has 0 radical (unpaired) electrons. The molecule has 6 nitrogen and oxygen atoms in total. The lowest BCUT2D eigenvalue weighted by molar-refractivity contribution is 0.0395. The molecule has 1 heterocycles. The quantitative estimate of drug-likeness (QED) is 0.770. The lowest BCUT2D eigenvalue weighted by Crippen LogP contribution is -2.38. The number of benzene rings is 1. The number of hydrogen-bond acceptors (Lipinski definition) is 5. The van der Waals surface area contributed by atoms with E-state index < -0.39 is 15.6 Å². The van der Waals surface area contributed by atoms with E-state index in [0.29, 0.717) is 18.1 Å². The number of ether oxygens (including phenoxy) is 1. The van der Waals surface area contributed by atoms with E-state index in [-0.39, 0.29) is 11.4 Å². The summed E-state index contributed by atoms with van der Waals surface area (Å²) in [4.78, 5) is 0.108. The predicted molar refractivity (Wildman–Crippen MR) is 85.7 cm³/mol. The van der Waals surface area contributed by atoms with Gasteiger partial charge in [-0.25, -0.2) is 13.1 Å². The summed E-state index contributed by atoms with van der Waals surface area (Å²) < 4.78 is 37.5. The van der Waals surface area contributed by atoms with Gasteiger partial charge in [0.1, 0.15) is 17.1 Å². The number of aliphatic hydroxyl groups is 1. The van der Waals surface area contributed by atoms with E-state index in [2.05, 4.69) is 4.72 Å². The molecular weight excluding hydrogens is 318 g/mol. The van der Waals surface area contributed by atoms with Gasteiger partial charge in [-0.2, -0.15) is 0 Å². The van der Waals surface area contributed by atoms with Gasteiger partial charge in [-0.15, -0.1) is 0 Å². The zero-order valence-electron chi connectivity index (χ0n) is 13.2. The summed E-state index contributed by atoms with van der Waals surface area (Å²) in [7, 11) is -3.73. The summed E-state index contributed by atoms with van der Waals surface area (Å²) in [5.41, 5.74) is -1.43. The molecule has 7 heteroatoms. The molecule has 0 bridgehead atoms. The number of nitrogens with one attached hydrogen (secondary N) is 1. The van der Waals surface area contributed by atoms with Crippen molar-refractivity contribution in [2.24, 2.45) is 0 Å². The molecule has 2 N–H and O–H groups in total. The van der Waals surface area contributed by atoms with Crippen LogP contribution in [0.5, 0.6) is 5.75 Å². The number of rotatable bonds is 8. The van der Waals surface area contributed by atoms with Crippen molar-refractivity contribution >= 4 is 10.0 Å². The minimum atomic E-state index is -3.73. The van der Waals surface area contributed by atoms with Crippen LogP contribution in [0.25, 0.3) is 0 Å². The third-order valence-electron chi connectivity index (χ3n) is 3.27. The van der Waals surface area contributed by atoms with Crippen molar-refractivity contribution in [3.63, 3.8) is 0 Å². The van der Waals surface area contributed by atoms with Gasteiger partial charge < -0.3 is 14.3 Å². The van der Waals surface area contributed by atoms with E-state index in [1.165, 1.54) is 25.3 Å². The summed E-state index contributed by atoms with van der Waals surface area (Å²) in [6, 6.07) is 9.37. The van der Waals surface area contributed by atoms with Crippen LogP contribution in [-0.2, 0) is 15.6 Å². The maximum absolute atomic E-state index is 12.3. The fourth-order valence-electron chi connectivity index (χ4n) is 1.93. The second-order valence-electron chi connectivity index (χ2n) is 5.40. The minimum absolute atomic E-state index is 0.108. The van der Waals surface area contributed by atoms with Gasteiger partial charge in [0.2, 0.25) is 10.0 Å². The Morgan fingerprint density at radius 3 is 2.52 bits per heavy atom. The number of sulfonamides is 1. The molecule has 0 spiro atoms. The van der Waals surface area contributed by atoms with Gasteiger partial charge in [0.05, 0.1) is 17.8 Å². The highest BCUT2D eigenvalue weighted by atomic mass is 32.2. The molecule has 1 atom stereocenters. The van der Waals surface area contributed by atoms with Crippen LogP contribution in [-0.4, -0.2) is 26.7 Å². The number of hydrogen-bond donors (Lipinski definition) is 2. The average Bonchev–Trinajstić information content (AvgIpc) is 3.07. The van der Waals surface area contributed by atoms with Crippen molar-refractivity contribution in [1.29, 1.82) is 0 Å². The molecule has 2 aromatic rings. The van der Waals surface area contributed by atoms with E-state index in [1.54, 1.807) is 24.3 Å². The Balaban J connectivity index is 2.04. The van der Waals surface area contributed by atoms with Gasteiger partial charge in [-0.3, -0.25) is 0 Å². The molecule has 0 saturated heterocycles. The third-order valence-corrected chi connectivity index (χ3v) is 4.68. The summed E-state index contributed by atoms with van der Waals surface area (Å²) >= 11 is 0. The molecule has 23 heavy (non-hydrogen) atoms. The lowest BCUT2D eigenvalue weighted by atomic mass is 10.1. The summed E-state index contributed by atoms with van der Waals surface area (Å²) in [6.07, 6.45) is 2.30. The second kappa shape index (κ2) is 7.16. The Morgan fingerprint density at radius 1 is 1.26 bits per heavy atom. The van der Waals surface area contributed by atoms with E-state index in [9.17, 15) is 13.5 Å². The molecule has 0 amide bonds. The van der Waals surface area contributed by atoms with Gasteiger partial charge in [-0.1, -0.05) is 6.92 Å². The highest BCUT2D eigenvalue weighted by molar-refractivity contribution is 7.89. The fraction of sp³-hybridized carbons (Fsp3) is 0.375. The van der Waals surface area contributed by atoms with Crippen molar-refractivity contribution < 1.29 is 22.7 Å². The van der Waals surface area contributed by atoms with E-state index >= 15 is 0 Å². The Morgan fingerprint density at radius 2 is 1.96 bits per heavy atom. The number of furan rings is 1.